The number of amides is 1. The van der Waals surface area contributed by atoms with Crippen molar-refractivity contribution in [2.45, 2.75) is 20.5 Å². The lowest BCUT2D eigenvalue weighted by Crippen LogP contribution is -2.14. The van der Waals surface area contributed by atoms with Crippen LogP contribution >= 0.6 is 0 Å². The van der Waals surface area contributed by atoms with E-state index in [1.165, 1.54) is 13.2 Å². The van der Waals surface area contributed by atoms with Crippen LogP contribution < -0.4 is 5.32 Å². The molecule has 26 heavy (non-hydrogen) atoms. The van der Waals surface area contributed by atoms with Crippen molar-refractivity contribution in [3.63, 3.8) is 0 Å². The van der Waals surface area contributed by atoms with Crippen molar-refractivity contribution in [1.29, 1.82) is 0 Å². The van der Waals surface area contributed by atoms with Gasteiger partial charge in [0.15, 0.2) is 0 Å². The van der Waals surface area contributed by atoms with Crippen LogP contribution in [0.2, 0.25) is 0 Å². The SMILES string of the molecule is CCOC(=O)Nc1cccc(C(=O)OCc2cc(C)c(C(=O)OC)o2)c1. The molecule has 1 aromatic heterocycles. The zero-order valence-corrected chi connectivity index (χ0v) is 14.7. The smallest absolute Gasteiger partial charge is 0.411 e. The molecule has 0 saturated heterocycles. The molecule has 138 valence electrons. The number of esters is 2. The lowest BCUT2D eigenvalue weighted by Gasteiger charge is -2.07. The highest BCUT2D eigenvalue weighted by Crippen LogP contribution is 2.18. The molecule has 1 amide bonds. The van der Waals surface area contributed by atoms with Gasteiger partial charge in [-0.2, -0.15) is 0 Å². The first-order chi connectivity index (χ1) is 12.4. The van der Waals surface area contributed by atoms with E-state index in [-0.39, 0.29) is 24.5 Å². The summed E-state index contributed by atoms with van der Waals surface area (Å²) >= 11 is 0. The molecular formula is C18H19NO7. The first-order valence-electron chi connectivity index (χ1n) is 7.83. The highest BCUT2D eigenvalue weighted by atomic mass is 16.6. The van der Waals surface area contributed by atoms with Crippen molar-refractivity contribution in [1.82, 2.24) is 0 Å². The van der Waals surface area contributed by atoms with Gasteiger partial charge >= 0.3 is 18.0 Å². The van der Waals surface area contributed by atoms with E-state index in [0.717, 1.165) is 0 Å². The highest BCUT2D eigenvalue weighted by molar-refractivity contribution is 5.92. The normalized spacial score (nSPS) is 10.1. The zero-order valence-electron chi connectivity index (χ0n) is 14.7. The van der Waals surface area contributed by atoms with Crippen molar-refractivity contribution >= 4 is 23.7 Å². The zero-order chi connectivity index (χ0) is 19.1. The number of hydrogen-bond donors (Lipinski definition) is 1. The molecule has 0 aliphatic carbocycles. The molecule has 0 spiro atoms. The van der Waals surface area contributed by atoms with Gasteiger partial charge in [0.05, 0.1) is 19.3 Å². The second kappa shape index (κ2) is 8.70. The van der Waals surface area contributed by atoms with Crippen LogP contribution in [-0.2, 0) is 20.8 Å². The fraction of sp³-hybridized carbons (Fsp3) is 0.278. The van der Waals surface area contributed by atoms with Crippen molar-refractivity contribution in [3.8, 4) is 0 Å². The summed E-state index contributed by atoms with van der Waals surface area (Å²) in [6.07, 6.45) is -0.612. The Hall–Kier alpha value is -3.29. The summed E-state index contributed by atoms with van der Waals surface area (Å²) in [6.45, 7) is 3.47. The number of carbonyl (C=O) groups excluding carboxylic acids is 3. The second-order valence-electron chi connectivity index (χ2n) is 5.22. The topological polar surface area (TPSA) is 104 Å². The van der Waals surface area contributed by atoms with E-state index in [0.29, 0.717) is 17.0 Å². The quantitative estimate of drug-likeness (QED) is 0.622. The molecule has 0 radical (unpaired) electrons. The largest absolute Gasteiger partial charge is 0.463 e. The van der Waals surface area contributed by atoms with Crippen LogP contribution in [-0.4, -0.2) is 31.7 Å². The van der Waals surface area contributed by atoms with E-state index in [9.17, 15) is 14.4 Å². The van der Waals surface area contributed by atoms with E-state index in [1.54, 1.807) is 38.1 Å². The Kier molecular flexibility index (Phi) is 6.37. The van der Waals surface area contributed by atoms with Gasteiger partial charge < -0.3 is 18.6 Å². The molecule has 8 nitrogen and oxygen atoms in total. The molecule has 0 aliphatic heterocycles. The van der Waals surface area contributed by atoms with Crippen molar-refractivity contribution in [2.75, 3.05) is 19.0 Å². The Morgan fingerprint density at radius 2 is 1.88 bits per heavy atom. The van der Waals surface area contributed by atoms with Crippen LogP contribution in [0.5, 0.6) is 0 Å². The fourth-order valence-corrected chi connectivity index (χ4v) is 2.14. The Balaban J connectivity index is 2.00. The van der Waals surface area contributed by atoms with Gasteiger partial charge in [0.2, 0.25) is 5.76 Å². The van der Waals surface area contributed by atoms with Crippen LogP contribution in [0, 0.1) is 6.92 Å². The third-order valence-electron chi connectivity index (χ3n) is 3.31. The van der Waals surface area contributed by atoms with E-state index in [2.05, 4.69) is 10.1 Å². The van der Waals surface area contributed by atoms with Gasteiger partial charge in [0, 0.05) is 11.3 Å². The van der Waals surface area contributed by atoms with Crippen LogP contribution in [0.3, 0.4) is 0 Å². The van der Waals surface area contributed by atoms with Gasteiger partial charge in [0.1, 0.15) is 12.4 Å². The van der Waals surface area contributed by atoms with Gasteiger partial charge in [-0.15, -0.1) is 0 Å². The maximum atomic E-state index is 12.2. The number of aryl methyl sites for hydroxylation is 1. The van der Waals surface area contributed by atoms with Gasteiger partial charge in [-0.3, -0.25) is 5.32 Å². The predicted molar refractivity (Wildman–Crippen MR) is 91.0 cm³/mol. The summed E-state index contributed by atoms with van der Waals surface area (Å²) in [6, 6.07) is 7.83. The number of ether oxygens (including phenoxy) is 3. The number of carbonyl (C=O) groups is 3. The third-order valence-corrected chi connectivity index (χ3v) is 3.31. The average Bonchev–Trinajstić information content (AvgIpc) is 3.00. The summed E-state index contributed by atoms with van der Waals surface area (Å²) in [5, 5.41) is 2.50. The minimum absolute atomic E-state index is 0.0687. The Bertz CT molecular complexity index is 810. The Labute approximate surface area is 150 Å². The standard InChI is InChI=1S/C18H19NO7/c1-4-24-18(22)19-13-7-5-6-12(9-13)16(20)25-10-14-8-11(2)15(26-14)17(21)23-3/h5-9H,4,10H2,1-3H3,(H,19,22). The summed E-state index contributed by atoms with van der Waals surface area (Å²) in [5.74, 6) is -0.819. The van der Waals surface area contributed by atoms with Gasteiger partial charge in [-0.1, -0.05) is 6.07 Å². The Morgan fingerprint density at radius 3 is 2.58 bits per heavy atom. The minimum atomic E-state index is -0.612. The van der Waals surface area contributed by atoms with Crippen molar-refractivity contribution in [3.05, 3.63) is 53.0 Å². The molecule has 0 atom stereocenters. The highest BCUT2D eigenvalue weighted by Gasteiger charge is 2.17. The number of rotatable bonds is 6. The monoisotopic (exact) mass is 361 g/mol. The van der Waals surface area contributed by atoms with Crippen molar-refractivity contribution < 1.29 is 33.0 Å². The molecule has 0 aliphatic rings. The molecule has 2 aromatic rings. The molecule has 0 fully saturated rings. The lowest BCUT2D eigenvalue weighted by atomic mass is 10.2. The predicted octanol–water partition coefficient (Wildman–Crippen LogP) is 3.30. The van der Waals surface area contributed by atoms with Crippen LogP contribution in [0.1, 0.15) is 39.2 Å². The first kappa shape index (κ1) is 19.0. The van der Waals surface area contributed by atoms with E-state index >= 15 is 0 Å². The Morgan fingerprint density at radius 1 is 1.12 bits per heavy atom. The third kappa shape index (κ3) is 4.85. The van der Waals surface area contributed by atoms with E-state index in [1.807, 2.05) is 0 Å². The maximum Gasteiger partial charge on any atom is 0.411 e. The molecule has 0 bridgehead atoms. The molecule has 1 aromatic carbocycles. The number of methoxy groups -OCH3 is 1. The van der Waals surface area contributed by atoms with Gasteiger partial charge in [0.25, 0.3) is 0 Å². The molecule has 8 heteroatoms. The summed E-state index contributed by atoms with van der Waals surface area (Å²) in [5.41, 5.74) is 1.24. The minimum Gasteiger partial charge on any atom is -0.463 e. The summed E-state index contributed by atoms with van der Waals surface area (Å²) < 4.78 is 19.9. The lowest BCUT2D eigenvalue weighted by molar-refractivity contribution is 0.0438. The molecule has 1 heterocycles. The maximum absolute atomic E-state index is 12.2. The van der Waals surface area contributed by atoms with E-state index < -0.39 is 18.0 Å². The number of furan rings is 1. The van der Waals surface area contributed by atoms with Gasteiger partial charge in [-0.05, 0) is 38.1 Å². The molecule has 1 N–H and O–H groups in total. The van der Waals surface area contributed by atoms with Crippen LogP contribution in [0.25, 0.3) is 0 Å². The first-order valence-corrected chi connectivity index (χ1v) is 7.83. The molecular weight excluding hydrogens is 342 g/mol. The average molecular weight is 361 g/mol. The van der Waals surface area contributed by atoms with Crippen molar-refractivity contribution in [2.24, 2.45) is 0 Å². The number of benzene rings is 1. The number of nitrogens with one attached hydrogen (secondary N) is 1. The number of anilines is 1. The fourth-order valence-electron chi connectivity index (χ4n) is 2.14. The summed E-state index contributed by atoms with van der Waals surface area (Å²) in [4.78, 5) is 35.1. The molecule has 0 saturated carbocycles. The van der Waals surface area contributed by atoms with Crippen LogP contribution in [0.4, 0.5) is 10.5 Å². The second-order valence-corrected chi connectivity index (χ2v) is 5.22. The van der Waals surface area contributed by atoms with Crippen LogP contribution in [0.15, 0.2) is 34.7 Å². The summed E-state index contributed by atoms with van der Waals surface area (Å²) in [7, 11) is 1.25. The molecule has 0 unspecified atom stereocenters. The molecule has 2 rings (SSSR count). The van der Waals surface area contributed by atoms with E-state index in [4.69, 9.17) is 13.9 Å². The van der Waals surface area contributed by atoms with Gasteiger partial charge in [-0.25, -0.2) is 14.4 Å². The number of hydrogen-bond acceptors (Lipinski definition) is 7.